The zero-order chi connectivity index (χ0) is 15.1. The first-order chi connectivity index (χ1) is 9.97. The first kappa shape index (κ1) is 15.0. The van der Waals surface area contributed by atoms with Gasteiger partial charge in [-0.05, 0) is 33.2 Å². The van der Waals surface area contributed by atoms with Crippen LogP contribution in [0.1, 0.15) is 50.9 Å². The Labute approximate surface area is 132 Å². The molecule has 2 fully saturated rings. The molecule has 0 spiro atoms. The quantitative estimate of drug-likeness (QED) is 0.785. The molecular formula is C16H25ClN4. The molecule has 1 aromatic rings. The second-order valence-corrected chi connectivity index (χ2v) is 7.13. The van der Waals surface area contributed by atoms with Gasteiger partial charge in [-0.1, -0.05) is 25.4 Å². The summed E-state index contributed by atoms with van der Waals surface area (Å²) in [6.45, 7) is 12.0. The third-order valence-corrected chi connectivity index (χ3v) is 5.17. The molecule has 0 saturated carbocycles. The van der Waals surface area contributed by atoms with Crippen molar-refractivity contribution in [1.82, 2.24) is 14.9 Å². The molecule has 1 aromatic heterocycles. The lowest BCUT2D eigenvalue weighted by atomic mass is 10.1. The summed E-state index contributed by atoms with van der Waals surface area (Å²) in [5.74, 6) is 2.18. The average Bonchev–Trinajstić information content (AvgIpc) is 2.87. The lowest BCUT2D eigenvalue weighted by Gasteiger charge is -2.43. The van der Waals surface area contributed by atoms with Crippen LogP contribution in [-0.4, -0.2) is 46.6 Å². The lowest BCUT2D eigenvalue weighted by molar-refractivity contribution is 0.202. The number of fused-ring (bicyclic) bond motifs is 1. The SMILES string of the molecule is Cc1c(Cl)nc(C(C)C)nc1N1CC2CCCN2CC1C. The van der Waals surface area contributed by atoms with Crippen LogP contribution in [0.5, 0.6) is 0 Å². The maximum atomic E-state index is 6.35. The Morgan fingerprint density at radius 1 is 1.24 bits per heavy atom. The topological polar surface area (TPSA) is 32.3 Å². The highest BCUT2D eigenvalue weighted by atomic mass is 35.5. The number of piperazine rings is 1. The predicted molar refractivity (Wildman–Crippen MR) is 87.3 cm³/mol. The molecule has 0 bridgehead atoms. The van der Waals surface area contributed by atoms with Gasteiger partial charge in [0, 0.05) is 36.7 Å². The highest BCUT2D eigenvalue weighted by Crippen LogP contribution is 2.32. The van der Waals surface area contributed by atoms with Crippen molar-refractivity contribution in [3.05, 3.63) is 16.5 Å². The highest BCUT2D eigenvalue weighted by molar-refractivity contribution is 6.30. The van der Waals surface area contributed by atoms with Crippen LogP contribution in [0.15, 0.2) is 0 Å². The molecule has 2 atom stereocenters. The average molecular weight is 309 g/mol. The van der Waals surface area contributed by atoms with E-state index < -0.39 is 0 Å². The normalized spacial score (nSPS) is 26.5. The number of hydrogen-bond donors (Lipinski definition) is 0. The van der Waals surface area contributed by atoms with Gasteiger partial charge < -0.3 is 4.90 Å². The second-order valence-electron chi connectivity index (χ2n) is 6.77. The lowest BCUT2D eigenvalue weighted by Crippen LogP contribution is -2.55. The highest BCUT2D eigenvalue weighted by Gasteiger charge is 2.35. The fourth-order valence-electron chi connectivity index (χ4n) is 3.51. The third kappa shape index (κ3) is 2.76. The fraction of sp³-hybridized carbons (Fsp3) is 0.750. The Hall–Kier alpha value is -0.870. The standard InChI is InChI=1S/C16H25ClN4/c1-10(2)15-18-14(17)12(4)16(19-15)21-9-13-6-5-7-20(13)8-11(21)3/h10-11,13H,5-9H2,1-4H3. The van der Waals surface area contributed by atoms with Gasteiger partial charge in [-0.15, -0.1) is 0 Å². The van der Waals surface area contributed by atoms with Gasteiger partial charge in [0.2, 0.25) is 0 Å². The van der Waals surface area contributed by atoms with Gasteiger partial charge in [-0.25, -0.2) is 9.97 Å². The van der Waals surface area contributed by atoms with Gasteiger partial charge in [-0.2, -0.15) is 0 Å². The maximum Gasteiger partial charge on any atom is 0.137 e. The van der Waals surface area contributed by atoms with Crippen molar-refractivity contribution >= 4 is 17.4 Å². The Morgan fingerprint density at radius 3 is 2.71 bits per heavy atom. The van der Waals surface area contributed by atoms with Crippen LogP contribution in [0.2, 0.25) is 5.15 Å². The number of aromatic nitrogens is 2. The summed E-state index contributed by atoms with van der Waals surface area (Å²) >= 11 is 6.35. The van der Waals surface area contributed by atoms with E-state index in [1.165, 1.54) is 19.4 Å². The van der Waals surface area contributed by atoms with Crippen molar-refractivity contribution in [2.75, 3.05) is 24.5 Å². The van der Waals surface area contributed by atoms with Gasteiger partial charge in [0.25, 0.3) is 0 Å². The van der Waals surface area contributed by atoms with Gasteiger partial charge in [-0.3, -0.25) is 4.90 Å². The molecule has 0 N–H and O–H groups in total. The van der Waals surface area contributed by atoms with Crippen molar-refractivity contribution in [2.24, 2.45) is 0 Å². The summed E-state index contributed by atoms with van der Waals surface area (Å²) in [5, 5.41) is 0.602. The summed E-state index contributed by atoms with van der Waals surface area (Å²) < 4.78 is 0. The largest absolute Gasteiger partial charge is 0.351 e. The Balaban J connectivity index is 1.95. The van der Waals surface area contributed by atoms with E-state index in [4.69, 9.17) is 16.6 Å². The van der Waals surface area contributed by atoms with Crippen molar-refractivity contribution in [3.63, 3.8) is 0 Å². The van der Waals surface area contributed by atoms with Crippen molar-refractivity contribution in [1.29, 1.82) is 0 Å². The zero-order valence-electron chi connectivity index (χ0n) is 13.4. The Morgan fingerprint density at radius 2 is 2.00 bits per heavy atom. The van der Waals surface area contributed by atoms with E-state index in [0.717, 1.165) is 30.3 Å². The molecule has 5 heteroatoms. The minimum atomic E-state index is 0.296. The number of halogens is 1. The first-order valence-electron chi connectivity index (χ1n) is 8.02. The molecule has 2 unspecified atom stereocenters. The molecule has 2 aliphatic heterocycles. The first-order valence-corrected chi connectivity index (χ1v) is 8.40. The minimum Gasteiger partial charge on any atom is -0.351 e. The molecule has 0 aliphatic carbocycles. The maximum absolute atomic E-state index is 6.35. The van der Waals surface area contributed by atoms with Crippen LogP contribution in [0, 0.1) is 6.92 Å². The molecule has 3 heterocycles. The van der Waals surface area contributed by atoms with Crippen LogP contribution in [0.4, 0.5) is 5.82 Å². The molecule has 0 radical (unpaired) electrons. The molecule has 3 rings (SSSR count). The molecule has 0 aromatic carbocycles. The summed E-state index contributed by atoms with van der Waals surface area (Å²) in [6, 6.07) is 1.15. The number of hydrogen-bond acceptors (Lipinski definition) is 4. The summed E-state index contributed by atoms with van der Waals surface area (Å²) in [7, 11) is 0. The molecule has 0 amide bonds. The predicted octanol–water partition coefficient (Wildman–Crippen LogP) is 3.23. The van der Waals surface area contributed by atoms with Gasteiger partial charge in [0.1, 0.15) is 16.8 Å². The minimum absolute atomic E-state index is 0.296. The third-order valence-electron chi connectivity index (χ3n) is 4.80. The molecule has 2 saturated heterocycles. The van der Waals surface area contributed by atoms with Crippen molar-refractivity contribution in [3.8, 4) is 0 Å². The van der Waals surface area contributed by atoms with E-state index in [9.17, 15) is 0 Å². The van der Waals surface area contributed by atoms with E-state index in [1.54, 1.807) is 0 Å². The number of anilines is 1. The van der Waals surface area contributed by atoms with E-state index in [2.05, 4.69) is 35.6 Å². The van der Waals surface area contributed by atoms with Crippen LogP contribution in [-0.2, 0) is 0 Å². The molecule has 116 valence electrons. The molecule has 2 aliphatic rings. The van der Waals surface area contributed by atoms with Gasteiger partial charge >= 0.3 is 0 Å². The van der Waals surface area contributed by atoms with E-state index in [-0.39, 0.29) is 0 Å². The monoisotopic (exact) mass is 308 g/mol. The molecule has 4 nitrogen and oxygen atoms in total. The van der Waals surface area contributed by atoms with E-state index >= 15 is 0 Å². The number of rotatable bonds is 2. The Kier molecular flexibility index (Phi) is 4.10. The van der Waals surface area contributed by atoms with Crippen molar-refractivity contribution < 1.29 is 0 Å². The van der Waals surface area contributed by atoms with E-state index in [1.807, 2.05) is 6.92 Å². The van der Waals surface area contributed by atoms with Crippen LogP contribution >= 0.6 is 11.6 Å². The molecular weight excluding hydrogens is 284 g/mol. The van der Waals surface area contributed by atoms with Gasteiger partial charge in [0.15, 0.2) is 0 Å². The molecule has 21 heavy (non-hydrogen) atoms. The fourth-order valence-corrected chi connectivity index (χ4v) is 3.69. The number of nitrogens with zero attached hydrogens (tertiary/aromatic N) is 4. The summed E-state index contributed by atoms with van der Waals surface area (Å²) in [4.78, 5) is 14.3. The van der Waals surface area contributed by atoms with Crippen LogP contribution in [0.3, 0.4) is 0 Å². The summed E-state index contributed by atoms with van der Waals surface area (Å²) in [5.41, 5.74) is 1.01. The van der Waals surface area contributed by atoms with Gasteiger partial charge in [0.05, 0.1) is 0 Å². The van der Waals surface area contributed by atoms with Crippen LogP contribution in [0.25, 0.3) is 0 Å². The zero-order valence-corrected chi connectivity index (χ0v) is 14.2. The smallest absolute Gasteiger partial charge is 0.137 e. The van der Waals surface area contributed by atoms with E-state index in [0.29, 0.717) is 23.2 Å². The summed E-state index contributed by atoms with van der Waals surface area (Å²) in [6.07, 6.45) is 2.63. The van der Waals surface area contributed by atoms with Crippen LogP contribution < -0.4 is 4.90 Å². The Bertz CT molecular complexity index is 531. The second kappa shape index (κ2) is 5.73. The van der Waals surface area contributed by atoms with Crippen molar-refractivity contribution in [2.45, 2.75) is 58.5 Å².